The normalized spacial score (nSPS) is 20.6. The summed E-state index contributed by atoms with van der Waals surface area (Å²) in [5.41, 5.74) is 0.674. The van der Waals surface area contributed by atoms with Gasteiger partial charge in [0.1, 0.15) is 11.5 Å². The summed E-state index contributed by atoms with van der Waals surface area (Å²) in [6.07, 6.45) is 4.09. The molecule has 0 bridgehead atoms. The van der Waals surface area contributed by atoms with Gasteiger partial charge in [-0.3, -0.25) is 4.79 Å². The third kappa shape index (κ3) is 2.28. The predicted molar refractivity (Wildman–Crippen MR) is 66.6 cm³/mol. The molecular formula is C12H16N4O2. The number of carbonyl (C=O) groups is 1. The van der Waals surface area contributed by atoms with E-state index in [0.29, 0.717) is 24.6 Å². The summed E-state index contributed by atoms with van der Waals surface area (Å²) in [5, 5.41) is 5.97. The molecule has 6 heteroatoms. The smallest absolute Gasteiger partial charge is 0.226 e. The molecule has 1 amide bonds. The monoisotopic (exact) mass is 248 g/mol. The fourth-order valence-electron chi connectivity index (χ4n) is 2.28. The predicted octanol–water partition coefficient (Wildman–Crippen LogP) is 1.12. The van der Waals surface area contributed by atoms with E-state index >= 15 is 0 Å². The average molecular weight is 248 g/mol. The number of nitrogens with zero attached hydrogens (tertiary/aromatic N) is 2. The molecule has 0 spiro atoms. The summed E-state index contributed by atoms with van der Waals surface area (Å²) in [6, 6.07) is 0. The molecule has 2 aliphatic heterocycles. The Morgan fingerprint density at radius 2 is 2.17 bits per heavy atom. The van der Waals surface area contributed by atoms with E-state index in [4.69, 9.17) is 4.74 Å². The van der Waals surface area contributed by atoms with E-state index < -0.39 is 0 Å². The molecule has 3 rings (SSSR count). The molecular weight excluding hydrogens is 232 g/mol. The van der Waals surface area contributed by atoms with Crippen molar-refractivity contribution in [2.45, 2.75) is 25.2 Å². The molecule has 1 fully saturated rings. The summed E-state index contributed by atoms with van der Waals surface area (Å²) >= 11 is 0. The second-order valence-electron chi connectivity index (χ2n) is 4.60. The van der Waals surface area contributed by atoms with E-state index in [0.717, 1.165) is 37.7 Å². The Morgan fingerprint density at radius 3 is 3.00 bits per heavy atom. The SMILES string of the molecule is O=C1CCNc2nc(C3CCOCC3)ncc2N1. The molecule has 0 atom stereocenters. The summed E-state index contributed by atoms with van der Waals surface area (Å²) in [6.45, 7) is 2.16. The van der Waals surface area contributed by atoms with Crippen molar-refractivity contribution < 1.29 is 9.53 Å². The maximum Gasteiger partial charge on any atom is 0.226 e. The Labute approximate surface area is 105 Å². The Hall–Kier alpha value is -1.69. The quantitative estimate of drug-likeness (QED) is 0.779. The van der Waals surface area contributed by atoms with Gasteiger partial charge in [-0.15, -0.1) is 0 Å². The lowest BCUT2D eigenvalue weighted by molar-refractivity contribution is -0.115. The van der Waals surface area contributed by atoms with Crippen molar-refractivity contribution in [3.63, 3.8) is 0 Å². The van der Waals surface area contributed by atoms with Crippen molar-refractivity contribution >= 4 is 17.4 Å². The highest BCUT2D eigenvalue weighted by atomic mass is 16.5. The number of hydrogen-bond donors (Lipinski definition) is 2. The van der Waals surface area contributed by atoms with Crippen LogP contribution < -0.4 is 10.6 Å². The molecule has 3 heterocycles. The van der Waals surface area contributed by atoms with Crippen LogP contribution in [0, 0.1) is 0 Å². The summed E-state index contributed by atoms with van der Waals surface area (Å²) in [4.78, 5) is 20.3. The van der Waals surface area contributed by atoms with E-state index in [9.17, 15) is 4.79 Å². The lowest BCUT2D eigenvalue weighted by Crippen LogP contribution is -2.17. The van der Waals surface area contributed by atoms with Gasteiger partial charge in [-0.25, -0.2) is 9.97 Å². The number of amides is 1. The number of ether oxygens (including phenoxy) is 1. The van der Waals surface area contributed by atoms with E-state index in [1.807, 2.05) is 0 Å². The third-order valence-electron chi connectivity index (χ3n) is 3.31. The second-order valence-corrected chi connectivity index (χ2v) is 4.60. The van der Waals surface area contributed by atoms with Crippen molar-refractivity contribution in [2.75, 3.05) is 30.4 Å². The molecule has 0 radical (unpaired) electrons. The van der Waals surface area contributed by atoms with Crippen molar-refractivity contribution in [3.8, 4) is 0 Å². The zero-order chi connectivity index (χ0) is 12.4. The van der Waals surface area contributed by atoms with Crippen LogP contribution in [0.25, 0.3) is 0 Å². The Kier molecular flexibility index (Phi) is 3.10. The first-order valence-electron chi connectivity index (χ1n) is 6.31. The largest absolute Gasteiger partial charge is 0.381 e. The number of fused-ring (bicyclic) bond motifs is 1. The first-order valence-corrected chi connectivity index (χ1v) is 6.31. The highest BCUT2D eigenvalue weighted by Crippen LogP contribution is 2.28. The minimum absolute atomic E-state index is 0.00339. The highest BCUT2D eigenvalue weighted by molar-refractivity contribution is 5.94. The maximum absolute atomic E-state index is 11.4. The molecule has 0 saturated carbocycles. The Morgan fingerprint density at radius 1 is 1.33 bits per heavy atom. The van der Waals surface area contributed by atoms with Gasteiger partial charge in [-0.05, 0) is 12.8 Å². The van der Waals surface area contributed by atoms with Crippen molar-refractivity contribution in [3.05, 3.63) is 12.0 Å². The molecule has 0 unspecified atom stereocenters. The zero-order valence-electron chi connectivity index (χ0n) is 10.1. The Bertz CT molecular complexity index is 457. The first kappa shape index (κ1) is 11.4. The molecule has 2 N–H and O–H groups in total. The summed E-state index contributed by atoms with van der Waals surface area (Å²) in [7, 11) is 0. The highest BCUT2D eigenvalue weighted by Gasteiger charge is 2.21. The molecule has 0 aliphatic carbocycles. The number of nitrogens with one attached hydrogen (secondary N) is 2. The van der Waals surface area contributed by atoms with Crippen LogP contribution in [-0.2, 0) is 9.53 Å². The van der Waals surface area contributed by atoms with Gasteiger partial charge in [0.2, 0.25) is 5.91 Å². The molecule has 0 aromatic carbocycles. The molecule has 96 valence electrons. The number of anilines is 2. The number of carbonyl (C=O) groups excluding carboxylic acids is 1. The van der Waals surface area contributed by atoms with Crippen LogP contribution in [0.2, 0.25) is 0 Å². The van der Waals surface area contributed by atoms with Crippen molar-refractivity contribution in [2.24, 2.45) is 0 Å². The minimum Gasteiger partial charge on any atom is -0.381 e. The van der Waals surface area contributed by atoms with Gasteiger partial charge >= 0.3 is 0 Å². The third-order valence-corrected chi connectivity index (χ3v) is 3.31. The number of rotatable bonds is 1. The Balaban J connectivity index is 1.85. The maximum atomic E-state index is 11.4. The van der Waals surface area contributed by atoms with Crippen LogP contribution >= 0.6 is 0 Å². The van der Waals surface area contributed by atoms with Gasteiger partial charge in [-0.2, -0.15) is 0 Å². The van der Waals surface area contributed by atoms with Crippen LogP contribution in [0.4, 0.5) is 11.5 Å². The zero-order valence-corrected chi connectivity index (χ0v) is 10.1. The number of aromatic nitrogens is 2. The van der Waals surface area contributed by atoms with Gasteiger partial charge in [-0.1, -0.05) is 0 Å². The van der Waals surface area contributed by atoms with E-state index in [1.54, 1.807) is 6.20 Å². The van der Waals surface area contributed by atoms with Gasteiger partial charge in [0.25, 0.3) is 0 Å². The van der Waals surface area contributed by atoms with E-state index in [-0.39, 0.29) is 5.91 Å². The standard InChI is InChI=1S/C12H16N4O2/c17-10-1-4-13-12-9(15-10)7-14-11(16-12)8-2-5-18-6-3-8/h7-8H,1-6H2,(H,15,17)(H,13,14,16). The molecule has 18 heavy (non-hydrogen) atoms. The van der Waals surface area contributed by atoms with Crippen LogP contribution in [0.5, 0.6) is 0 Å². The molecule has 2 aliphatic rings. The molecule has 6 nitrogen and oxygen atoms in total. The minimum atomic E-state index is 0.00339. The van der Waals surface area contributed by atoms with Gasteiger partial charge in [0.15, 0.2) is 5.82 Å². The lowest BCUT2D eigenvalue weighted by atomic mass is 9.99. The van der Waals surface area contributed by atoms with E-state index in [1.165, 1.54) is 0 Å². The van der Waals surface area contributed by atoms with Crippen LogP contribution in [-0.4, -0.2) is 35.6 Å². The first-order chi connectivity index (χ1) is 8.83. The molecule has 1 saturated heterocycles. The van der Waals surface area contributed by atoms with Gasteiger partial charge in [0, 0.05) is 32.1 Å². The van der Waals surface area contributed by atoms with Crippen molar-refractivity contribution in [1.29, 1.82) is 0 Å². The van der Waals surface area contributed by atoms with Crippen LogP contribution in [0.1, 0.15) is 31.0 Å². The van der Waals surface area contributed by atoms with Crippen LogP contribution in [0.3, 0.4) is 0 Å². The number of hydrogen-bond acceptors (Lipinski definition) is 5. The van der Waals surface area contributed by atoms with Gasteiger partial charge < -0.3 is 15.4 Å². The molecule has 1 aromatic heterocycles. The van der Waals surface area contributed by atoms with Crippen LogP contribution in [0.15, 0.2) is 6.20 Å². The average Bonchev–Trinajstić information content (AvgIpc) is 2.59. The molecule has 1 aromatic rings. The topological polar surface area (TPSA) is 76.1 Å². The summed E-state index contributed by atoms with van der Waals surface area (Å²) < 4.78 is 5.34. The fraction of sp³-hybridized carbons (Fsp3) is 0.583. The van der Waals surface area contributed by atoms with Gasteiger partial charge in [0.05, 0.1) is 6.20 Å². The lowest BCUT2D eigenvalue weighted by Gasteiger charge is -2.21. The fourth-order valence-corrected chi connectivity index (χ4v) is 2.28. The second kappa shape index (κ2) is 4.89. The summed E-state index contributed by atoms with van der Waals surface area (Å²) in [5.74, 6) is 1.95. The van der Waals surface area contributed by atoms with Crippen molar-refractivity contribution in [1.82, 2.24) is 9.97 Å². The van der Waals surface area contributed by atoms with E-state index in [2.05, 4.69) is 20.6 Å².